The largest absolute Gasteiger partial charge is 0.330 e. The molecule has 0 heterocycles. The minimum Gasteiger partial charge on any atom is -0.330 e. The molecule has 0 saturated heterocycles. The molecule has 1 heteroatoms. The summed E-state index contributed by atoms with van der Waals surface area (Å²) in [6.45, 7) is 5.51. The predicted molar refractivity (Wildman–Crippen MR) is 49.4 cm³/mol. The van der Waals surface area contributed by atoms with Gasteiger partial charge in [-0.2, -0.15) is 0 Å². The third kappa shape index (κ3) is 2.19. The van der Waals surface area contributed by atoms with Crippen molar-refractivity contribution in [1.29, 1.82) is 0 Å². The van der Waals surface area contributed by atoms with Crippen molar-refractivity contribution in [3.05, 3.63) is 0 Å². The first kappa shape index (κ1) is 9.05. The van der Waals surface area contributed by atoms with Gasteiger partial charge in [0.15, 0.2) is 0 Å². The maximum atomic E-state index is 5.72. The molecule has 0 aromatic rings. The Labute approximate surface area is 70.4 Å². The van der Waals surface area contributed by atoms with E-state index in [0.29, 0.717) is 5.41 Å². The standard InChI is InChI=1S/C10H21N/c1-3-9-4-6-10(2,8-11)7-5-9/h9H,3-8,11H2,1-2H3. The van der Waals surface area contributed by atoms with Gasteiger partial charge >= 0.3 is 0 Å². The fourth-order valence-corrected chi connectivity index (χ4v) is 1.99. The van der Waals surface area contributed by atoms with Crippen LogP contribution in [0.1, 0.15) is 46.0 Å². The van der Waals surface area contributed by atoms with Crippen LogP contribution < -0.4 is 5.73 Å². The molecule has 2 N–H and O–H groups in total. The Morgan fingerprint density at radius 2 is 1.91 bits per heavy atom. The molecule has 0 aliphatic heterocycles. The van der Waals surface area contributed by atoms with Crippen molar-refractivity contribution in [1.82, 2.24) is 0 Å². The summed E-state index contributed by atoms with van der Waals surface area (Å²) < 4.78 is 0. The van der Waals surface area contributed by atoms with Crippen LogP contribution in [0.3, 0.4) is 0 Å². The van der Waals surface area contributed by atoms with Gasteiger partial charge in [-0.15, -0.1) is 0 Å². The molecule has 0 radical (unpaired) electrons. The first-order valence-electron chi connectivity index (χ1n) is 4.90. The van der Waals surface area contributed by atoms with Crippen LogP contribution >= 0.6 is 0 Å². The zero-order valence-electron chi connectivity index (χ0n) is 7.90. The molecule has 0 unspecified atom stereocenters. The lowest BCUT2D eigenvalue weighted by molar-refractivity contribution is 0.175. The smallest absolute Gasteiger partial charge is 0.00232 e. The molecule has 0 spiro atoms. The Hall–Kier alpha value is -0.0400. The monoisotopic (exact) mass is 155 g/mol. The Bertz CT molecular complexity index is 112. The summed E-state index contributed by atoms with van der Waals surface area (Å²) in [5.41, 5.74) is 6.20. The van der Waals surface area contributed by atoms with Gasteiger partial charge in [0.25, 0.3) is 0 Å². The van der Waals surface area contributed by atoms with E-state index in [2.05, 4.69) is 13.8 Å². The van der Waals surface area contributed by atoms with Gasteiger partial charge in [-0.1, -0.05) is 20.3 Å². The highest BCUT2D eigenvalue weighted by atomic mass is 14.6. The summed E-state index contributed by atoms with van der Waals surface area (Å²) >= 11 is 0. The first-order valence-corrected chi connectivity index (χ1v) is 4.90. The minimum atomic E-state index is 0.478. The molecule has 1 nitrogen and oxygen atoms in total. The van der Waals surface area contributed by atoms with E-state index in [4.69, 9.17) is 5.73 Å². The fourth-order valence-electron chi connectivity index (χ4n) is 1.99. The summed E-state index contributed by atoms with van der Waals surface area (Å²) in [5.74, 6) is 0.995. The van der Waals surface area contributed by atoms with Crippen LogP contribution in [-0.4, -0.2) is 6.54 Å². The zero-order chi connectivity index (χ0) is 8.32. The van der Waals surface area contributed by atoms with E-state index >= 15 is 0 Å². The van der Waals surface area contributed by atoms with Gasteiger partial charge in [0, 0.05) is 0 Å². The second kappa shape index (κ2) is 3.57. The molecule has 0 aromatic carbocycles. The third-order valence-electron chi connectivity index (χ3n) is 3.38. The second-order valence-electron chi connectivity index (χ2n) is 4.37. The maximum absolute atomic E-state index is 5.72. The Morgan fingerprint density at radius 1 is 1.36 bits per heavy atom. The summed E-state index contributed by atoms with van der Waals surface area (Å²) in [6, 6.07) is 0. The van der Waals surface area contributed by atoms with E-state index in [0.717, 1.165) is 12.5 Å². The van der Waals surface area contributed by atoms with E-state index in [1.807, 2.05) is 0 Å². The van der Waals surface area contributed by atoms with Crippen molar-refractivity contribution in [2.45, 2.75) is 46.0 Å². The average molecular weight is 155 g/mol. The van der Waals surface area contributed by atoms with E-state index in [9.17, 15) is 0 Å². The van der Waals surface area contributed by atoms with Crippen LogP contribution in [0.5, 0.6) is 0 Å². The van der Waals surface area contributed by atoms with Gasteiger partial charge in [0.05, 0.1) is 0 Å². The molecule has 0 aromatic heterocycles. The van der Waals surface area contributed by atoms with Crippen molar-refractivity contribution < 1.29 is 0 Å². The molecule has 0 atom stereocenters. The van der Waals surface area contributed by atoms with Crippen molar-refractivity contribution in [2.24, 2.45) is 17.1 Å². The molecular formula is C10H21N. The van der Waals surface area contributed by atoms with E-state index in [1.165, 1.54) is 32.1 Å². The van der Waals surface area contributed by atoms with E-state index < -0.39 is 0 Å². The van der Waals surface area contributed by atoms with Crippen LogP contribution in [0.2, 0.25) is 0 Å². The first-order chi connectivity index (χ1) is 5.20. The lowest BCUT2D eigenvalue weighted by atomic mass is 9.71. The second-order valence-corrected chi connectivity index (χ2v) is 4.37. The third-order valence-corrected chi connectivity index (χ3v) is 3.38. The van der Waals surface area contributed by atoms with Gasteiger partial charge in [-0.25, -0.2) is 0 Å². The molecule has 11 heavy (non-hydrogen) atoms. The normalized spacial score (nSPS) is 39.0. The molecule has 0 bridgehead atoms. The molecule has 1 aliphatic rings. The highest BCUT2D eigenvalue weighted by Gasteiger charge is 2.28. The summed E-state index contributed by atoms with van der Waals surface area (Å²) in [4.78, 5) is 0. The molecule has 1 rings (SSSR count). The number of hydrogen-bond donors (Lipinski definition) is 1. The quantitative estimate of drug-likeness (QED) is 0.651. The van der Waals surface area contributed by atoms with Gasteiger partial charge in [0.1, 0.15) is 0 Å². The fraction of sp³-hybridized carbons (Fsp3) is 1.00. The van der Waals surface area contributed by atoms with Gasteiger partial charge < -0.3 is 5.73 Å². The summed E-state index contributed by atoms with van der Waals surface area (Å²) in [5, 5.41) is 0. The average Bonchev–Trinajstić information content (AvgIpc) is 2.06. The van der Waals surface area contributed by atoms with Crippen LogP contribution in [-0.2, 0) is 0 Å². The molecule has 0 amide bonds. The van der Waals surface area contributed by atoms with E-state index in [-0.39, 0.29) is 0 Å². The van der Waals surface area contributed by atoms with Crippen LogP contribution in [0.25, 0.3) is 0 Å². The molecule has 1 fully saturated rings. The van der Waals surface area contributed by atoms with Crippen molar-refractivity contribution in [2.75, 3.05) is 6.54 Å². The van der Waals surface area contributed by atoms with Crippen molar-refractivity contribution in [3.8, 4) is 0 Å². The van der Waals surface area contributed by atoms with Crippen molar-refractivity contribution >= 4 is 0 Å². The molecular weight excluding hydrogens is 134 g/mol. The summed E-state index contributed by atoms with van der Waals surface area (Å²) in [6.07, 6.45) is 6.87. The number of nitrogens with two attached hydrogens (primary N) is 1. The number of rotatable bonds is 2. The van der Waals surface area contributed by atoms with Crippen LogP contribution in [0.4, 0.5) is 0 Å². The molecule has 66 valence electrons. The molecule has 1 saturated carbocycles. The number of hydrogen-bond acceptors (Lipinski definition) is 1. The van der Waals surface area contributed by atoms with Crippen molar-refractivity contribution in [3.63, 3.8) is 0 Å². The van der Waals surface area contributed by atoms with Crippen LogP contribution in [0.15, 0.2) is 0 Å². The van der Waals surface area contributed by atoms with Gasteiger partial charge in [-0.3, -0.25) is 0 Å². The Kier molecular flexibility index (Phi) is 2.94. The predicted octanol–water partition coefficient (Wildman–Crippen LogP) is 2.55. The Morgan fingerprint density at radius 3 is 2.27 bits per heavy atom. The molecule has 1 aliphatic carbocycles. The highest BCUT2D eigenvalue weighted by molar-refractivity contribution is 4.82. The lowest BCUT2D eigenvalue weighted by Gasteiger charge is -2.36. The lowest BCUT2D eigenvalue weighted by Crippen LogP contribution is -2.31. The zero-order valence-corrected chi connectivity index (χ0v) is 7.90. The maximum Gasteiger partial charge on any atom is -0.00232 e. The minimum absolute atomic E-state index is 0.478. The summed E-state index contributed by atoms with van der Waals surface area (Å²) in [7, 11) is 0. The van der Waals surface area contributed by atoms with Gasteiger partial charge in [0.2, 0.25) is 0 Å². The Balaban J connectivity index is 2.35. The van der Waals surface area contributed by atoms with Crippen LogP contribution in [0, 0.1) is 11.3 Å². The topological polar surface area (TPSA) is 26.0 Å². The highest BCUT2D eigenvalue weighted by Crippen LogP contribution is 2.38. The van der Waals surface area contributed by atoms with Gasteiger partial charge in [-0.05, 0) is 43.6 Å². The SMILES string of the molecule is CCC1CCC(C)(CN)CC1. The van der Waals surface area contributed by atoms with E-state index in [1.54, 1.807) is 0 Å².